The van der Waals surface area contributed by atoms with Gasteiger partial charge in [0.05, 0.1) is 22.7 Å². The minimum Gasteiger partial charge on any atom is -0.372 e. The molecule has 1 atom stereocenters. The first-order chi connectivity index (χ1) is 14.5. The number of likely N-dealkylation sites (N-methyl/N-ethyl adjacent to an activating group) is 1. The van der Waals surface area contributed by atoms with Gasteiger partial charge in [-0.2, -0.15) is 0 Å². The lowest BCUT2D eigenvalue weighted by atomic mass is 10.1. The fourth-order valence-corrected chi connectivity index (χ4v) is 4.53. The molecular formula is C22H28N4O4S. The van der Waals surface area contributed by atoms with Gasteiger partial charge in [0.25, 0.3) is 0 Å². The molecule has 0 aromatic heterocycles. The number of amides is 2. The number of anilines is 3. The van der Waals surface area contributed by atoms with Crippen molar-refractivity contribution in [2.24, 2.45) is 0 Å². The van der Waals surface area contributed by atoms with Crippen LogP contribution in [0.25, 0.3) is 0 Å². The zero-order valence-corrected chi connectivity index (χ0v) is 19.2. The number of nitrogens with one attached hydrogen (secondary N) is 2. The van der Waals surface area contributed by atoms with Crippen LogP contribution < -0.4 is 15.5 Å². The second kappa shape index (κ2) is 8.68. The second-order valence-electron chi connectivity index (χ2n) is 7.82. The van der Waals surface area contributed by atoms with Crippen LogP contribution in [0.5, 0.6) is 0 Å². The summed E-state index contributed by atoms with van der Waals surface area (Å²) < 4.78 is 26.1. The molecule has 2 aromatic rings. The van der Waals surface area contributed by atoms with Gasteiger partial charge in [0.1, 0.15) is 6.04 Å². The van der Waals surface area contributed by atoms with Crippen molar-refractivity contribution < 1.29 is 18.0 Å². The van der Waals surface area contributed by atoms with E-state index in [4.69, 9.17) is 0 Å². The van der Waals surface area contributed by atoms with Crippen molar-refractivity contribution >= 4 is 38.9 Å². The molecule has 31 heavy (non-hydrogen) atoms. The van der Waals surface area contributed by atoms with Gasteiger partial charge in [-0.05, 0) is 50.6 Å². The summed E-state index contributed by atoms with van der Waals surface area (Å²) in [5, 5.41) is 5.93. The van der Waals surface area contributed by atoms with Gasteiger partial charge in [-0.25, -0.2) is 12.7 Å². The predicted molar refractivity (Wildman–Crippen MR) is 122 cm³/mol. The standard InChI is InChI=1S/C22H28N4O4S/c1-6-26-20-10-8-16(31(29,30)25(4)5)12-18(20)23-19(22(26)28)13-21(27)24-17-9-7-14(2)11-15(17)3/h7-12,19,23H,6,13H2,1-5H3,(H,24,27)/t19-/m0/s1. The Labute approximate surface area is 183 Å². The summed E-state index contributed by atoms with van der Waals surface area (Å²) in [7, 11) is -0.702. The van der Waals surface area contributed by atoms with E-state index in [0.29, 0.717) is 23.6 Å². The third kappa shape index (κ3) is 4.57. The molecule has 1 aliphatic heterocycles. The molecule has 0 unspecified atom stereocenters. The van der Waals surface area contributed by atoms with Crippen LogP contribution in [0.4, 0.5) is 17.1 Å². The van der Waals surface area contributed by atoms with Crippen LogP contribution in [0.15, 0.2) is 41.3 Å². The number of aryl methyl sites for hydroxylation is 2. The van der Waals surface area contributed by atoms with E-state index in [9.17, 15) is 18.0 Å². The van der Waals surface area contributed by atoms with Crippen molar-refractivity contribution in [3.05, 3.63) is 47.5 Å². The summed E-state index contributed by atoms with van der Waals surface area (Å²) >= 11 is 0. The van der Waals surface area contributed by atoms with E-state index >= 15 is 0 Å². The van der Waals surface area contributed by atoms with Gasteiger partial charge in [-0.3, -0.25) is 9.59 Å². The Bertz CT molecular complexity index is 1130. The molecule has 8 nitrogen and oxygen atoms in total. The molecule has 9 heteroatoms. The van der Waals surface area contributed by atoms with Crippen LogP contribution in [-0.4, -0.2) is 51.2 Å². The van der Waals surface area contributed by atoms with Crippen LogP contribution in [0.3, 0.4) is 0 Å². The van der Waals surface area contributed by atoms with Gasteiger partial charge in [-0.15, -0.1) is 0 Å². The Morgan fingerprint density at radius 3 is 2.48 bits per heavy atom. The largest absolute Gasteiger partial charge is 0.372 e. The van der Waals surface area contributed by atoms with Gasteiger partial charge in [0.15, 0.2) is 0 Å². The Morgan fingerprint density at radius 2 is 1.87 bits per heavy atom. The summed E-state index contributed by atoms with van der Waals surface area (Å²) in [4.78, 5) is 27.3. The SMILES string of the molecule is CCN1C(=O)[C@H](CC(=O)Nc2ccc(C)cc2C)Nc2cc(S(=O)(=O)N(C)C)ccc21. The third-order valence-corrected chi connectivity index (χ3v) is 7.10. The van der Waals surface area contributed by atoms with E-state index in [-0.39, 0.29) is 23.1 Å². The quantitative estimate of drug-likeness (QED) is 0.714. The molecule has 3 rings (SSSR count). The van der Waals surface area contributed by atoms with E-state index < -0.39 is 16.1 Å². The lowest BCUT2D eigenvalue weighted by Crippen LogP contribution is -2.48. The van der Waals surface area contributed by atoms with Gasteiger partial charge >= 0.3 is 0 Å². The first-order valence-electron chi connectivity index (χ1n) is 10.1. The average molecular weight is 445 g/mol. The molecule has 0 radical (unpaired) electrons. The van der Waals surface area contributed by atoms with Crippen molar-refractivity contribution in [1.29, 1.82) is 0 Å². The van der Waals surface area contributed by atoms with E-state index in [0.717, 1.165) is 15.4 Å². The molecule has 0 aliphatic carbocycles. The van der Waals surface area contributed by atoms with Crippen molar-refractivity contribution in [1.82, 2.24) is 4.31 Å². The second-order valence-corrected chi connectivity index (χ2v) is 9.97. The van der Waals surface area contributed by atoms with Crippen molar-refractivity contribution in [3.63, 3.8) is 0 Å². The van der Waals surface area contributed by atoms with Crippen LogP contribution in [0, 0.1) is 13.8 Å². The summed E-state index contributed by atoms with van der Waals surface area (Å²) in [5.41, 5.74) is 3.84. The molecule has 0 bridgehead atoms. The summed E-state index contributed by atoms with van der Waals surface area (Å²) in [6.07, 6.45) is -0.0766. The molecule has 0 spiro atoms. The van der Waals surface area contributed by atoms with Crippen molar-refractivity contribution in [3.8, 4) is 0 Å². The molecule has 0 saturated heterocycles. The monoisotopic (exact) mass is 444 g/mol. The van der Waals surface area contributed by atoms with Crippen LogP contribution >= 0.6 is 0 Å². The Kier molecular flexibility index (Phi) is 6.38. The fourth-order valence-electron chi connectivity index (χ4n) is 3.60. The lowest BCUT2D eigenvalue weighted by Gasteiger charge is -2.35. The maximum Gasteiger partial charge on any atom is 0.250 e. The number of hydrogen-bond donors (Lipinski definition) is 2. The topological polar surface area (TPSA) is 98.8 Å². The first-order valence-corrected chi connectivity index (χ1v) is 11.5. The van der Waals surface area contributed by atoms with Crippen molar-refractivity contribution in [2.45, 2.75) is 38.1 Å². The highest BCUT2D eigenvalue weighted by molar-refractivity contribution is 7.89. The fraction of sp³-hybridized carbons (Fsp3) is 0.364. The van der Waals surface area contributed by atoms with Crippen LogP contribution in [0.1, 0.15) is 24.5 Å². The van der Waals surface area contributed by atoms with E-state index in [1.807, 2.05) is 39.0 Å². The van der Waals surface area contributed by atoms with E-state index in [1.54, 1.807) is 11.0 Å². The van der Waals surface area contributed by atoms with Gasteiger partial charge in [0.2, 0.25) is 21.8 Å². The Morgan fingerprint density at radius 1 is 1.16 bits per heavy atom. The average Bonchev–Trinajstić information content (AvgIpc) is 2.70. The van der Waals surface area contributed by atoms with Crippen LogP contribution in [-0.2, 0) is 19.6 Å². The van der Waals surface area contributed by atoms with Gasteiger partial charge in [0, 0.05) is 26.3 Å². The number of fused-ring (bicyclic) bond motifs is 1. The molecule has 166 valence electrons. The molecular weight excluding hydrogens is 416 g/mol. The summed E-state index contributed by atoms with van der Waals surface area (Å²) in [6.45, 7) is 6.13. The van der Waals surface area contributed by atoms with Gasteiger partial charge in [-0.1, -0.05) is 17.7 Å². The zero-order chi connectivity index (χ0) is 22.9. The first kappa shape index (κ1) is 22.8. The Hall–Kier alpha value is -2.91. The minimum atomic E-state index is -3.63. The maximum absolute atomic E-state index is 13.0. The Balaban J connectivity index is 1.85. The number of sulfonamides is 1. The zero-order valence-electron chi connectivity index (χ0n) is 18.4. The highest BCUT2D eigenvalue weighted by Crippen LogP contribution is 2.34. The van der Waals surface area contributed by atoms with E-state index in [1.165, 1.54) is 26.2 Å². The predicted octanol–water partition coefficient (Wildman–Crippen LogP) is 2.73. The number of benzene rings is 2. The molecule has 1 aliphatic rings. The molecule has 2 amide bonds. The lowest BCUT2D eigenvalue weighted by molar-refractivity contribution is -0.123. The van der Waals surface area contributed by atoms with Gasteiger partial charge < -0.3 is 15.5 Å². The van der Waals surface area contributed by atoms with E-state index in [2.05, 4.69) is 10.6 Å². The van der Waals surface area contributed by atoms with Crippen LogP contribution in [0.2, 0.25) is 0 Å². The molecule has 2 aromatic carbocycles. The molecule has 0 fully saturated rings. The highest BCUT2D eigenvalue weighted by Gasteiger charge is 2.34. The maximum atomic E-state index is 13.0. The minimum absolute atomic E-state index is 0.0766. The normalized spacial score (nSPS) is 16.1. The highest BCUT2D eigenvalue weighted by atomic mass is 32.2. The number of rotatable bonds is 6. The summed E-state index contributed by atoms with van der Waals surface area (Å²) in [5.74, 6) is -0.525. The summed E-state index contributed by atoms with van der Waals surface area (Å²) in [6, 6.07) is 9.54. The molecule has 0 saturated carbocycles. The molecule has 1 heterocycles. The number of hydrogen-bond acceptors (Lipinski definition) is 5. The smallest absolute Gasteiger partial charge is 0.250 e. The van der Waals surface area contributed by atoms with Crippen molar-refractivity contribution in [2.75, 3.05) is 36.2 Å². The number of carbonyl (C=O) groups is 2. The number of carbonyl (C=O) groups excluding carboxylic acids is 2. The third-order valence-electron chi connectivity index (χ3n) is 5.29. The molecule has 2 N–H and O–H groups in total. The number of nitrogens with zero attached hydrogens (tertiary/aromatic N) is 2.